The van der Waals surface area contributed by atoms with Gasteiger partial charge < -0.3 is 9.84 Å². The number of thioether (sulfide) groups is 1. The zero-order valence-electron chi connectivity index (χ0n) is 20.3. The molecule has 4 aromatic carbocycles. The minimum absolute atomic E-state index is 0.100. The summed E-state index contributed by atoms with van der Waals surface area (Å²) in [4.78, 5) is 12.1. The van der Waals surface area contributed by atoms with Crippen molar-refractivity contribution < 1.29 is 14.6 Å². The molecule has 4 heteroatoms. The van der Waals surface area contributed by atoms with Crippen molar-refractivity contribution in [3.05, 3.63) is 118 Å². The summed E-state index contributed by atoms with van der Waals surface area (Å²) in [6.07, 6.45) is 1.71. The van der Waals surface area contributed by atoms with Crippen molar-refractivity contribution in [2.45, 2.75) is 38.5 Å². The van der Waals surface area contributed by atoms with Crippen LogP contribution in [0, 0.1) is 0 Å². The van der Waals surface area contributed by atoms with E-state index in [1.165, 1.54) is 28.1 Å². The quantitative estimate of drug-likeness (QED) is 0.258. The maximum atomic E-state index is 11.8. The molecule has 0 aliphatic carbocycles. The van der Waals surface area contributed by atoms with Gasteiger partial charge in [-0.2, -0.15) is 0 Å². The third-order valence-corrected chi connectivity index (χ3v) is 6.90. The van der Waals surface area contributed by atoms with E-state index in [1.54, 1.807) is 6.08 Å². The van der Waals surface area contributed by atoms with E-state index < -0.39 is 5.97 Å². The van der Waals surface area contributed by atoms with Crippen LogP contribution in [0.1, 0.15) is 43.0 Å². The standard InChI is InChI=1S/C31H30O3S/c1-31(2,3)27-14-9-23(10-15-27)21-35-29(30(32)33)19-22-11-16-28(17-12-22)34-20-24-8-13-25-6-4-5-7-26(25)18-24/h4-19H,20-21H2,1-3H3,(H,32,33)/b29-19+. The number of fused-ring (bicyclic) bond motifs is 1. The molecule has 4 rings (SSSR count). The number of carbonyl (C=O) groups is 1. The molecule has 0 spiro atoms. The Kier molecular flexibility index (Phi) is 7.62. The number of carboxylic acids is 1. The van der Waals surface area contributed by atoms with E-state index in [-0.39, 0.29) is 5.41 Å². The Morgan fingerprint density at radius 2 is 1.51 bits per heavy atom. The second kappa shape index (κ2) is 10.8. The summed E-state index contributed by atoms with van der Waals surface area (Å²) in [7, 11) is 0. The van der Waals surface area contributed by atoms with Crippen LogP contribution in [0.2, 0.25) is 0 Å². The molecule has 0 fully saturated rings. The molecule has 0 unspecified atom stereocenters. The Balaban J connectivity index is 1.37. The SMILES string of the molecule is CC(C)(C)c1ccc(CS/C(=C/c2ccc(OCc3ccc4ccccc4c3)cc2)C(=O)O)cc1. The molecule has 0 aromatic heterocycles. The van der Waals surface area contributed by atoms with E-state index in [9.17, 15) is 9.90 Å². The summed E-state index contributed by atoms with van der Waals surface area (Å²) in [5.41, 5.74) is 4.41. The molecule has 3 nitrogen and oxygen atoms in total. The summed E-state index contributed by atoms with van der Waals surface area (Å²) in [5.74, 6) is 0.437. The number of carboxylic acid groups (broad SMARTS) is 1. The zero-order valence-corrected chi connectivity index (χ0v) is 21.1. The van der Waals surface area contributed by atoms with Gasteiger partial charge in [0.25, 0.3) is 0 Å². The lowest BCUT2D eigenvalue weighted by Crippen LogP contribution is -2.10. The summed E-state index contributed by atoms with van der Waals surface area (Å²) in [6, 6.07) is 30.5. The summed E-state index contributed by atoms with van der Waals surface area (Å²) in [5, 5.41) is 12.1. The van der Waals surface area contributed by atoms with Gasteiger partial charge in [0, 0.05) is 5.75 Å². The van der Waals surface area contributed by atoms with Crippen LogP contribution < -0.4 is 4.74 Å². The predicted molar refractivity (Wildman–Crippen MR) is 147 cm³/mol. The lowest BCUT2D eigenvalue weighted by atomic mass is 9.87. The first-order chi connectivity index (χ1) is 16.8. The van der Waals surface area contributed by atoms with Gasteiger partial charge in [0.05, 0.1) is 4.91 Å². The number of ether oxygens (including phenoxy) is 1. The van der Waals surface area contributed by atoms with Crippen molar-refractivity contribution in [2.24, 2.45) is 0 Å². The topological polar surface area (TPSA) is 46.5 Å². The van der Waals surface area contributed by atoms with Gasteiger partial charge in [-0.3, -0.25) is 0 Å². The molecule has 0 saturated carbocycles. The third-order valence-electron chi connectivity index (χ3n) is 5.82. The fourth-order valence-corrected chi connectivity index (χ4v) is 4.59. The van der Waals surface area contributed by atoms with Crippen LogP contribution in [0.4, 0.5) is 0 Å². The fraction of sp³-hybridized carbons (Fsp3) is 0.194. The highest BCUT2D eigenvalue weighted by atomic mass is 32.2. The molecule has 1 N–H and O–H groups in total. The Hall–Kier alpha value is -3.50. The molecule has 0 amide bonds. The van der Waals surface area contributed by atoms with Crippen molar-refractivity contribution in [3.8, 4) is 5.75 Å². The highest BCUT2D eigenvalue weighted by Gasteiger charge is 2.14. The molecule has 0 heterocycles. The van der Waals surface area contributed by atoms with Crippen molar-refractivity contribution in [2.75, 3.05) is 0 Å². The Morgan fingerprint density at radius 3 is 2.17 bits per heavy atom. The number of hydrogen-bond donors (Lipinski definition) is 1. The van der Waals surface area contributed by atoms with Crippen molar-refractivity contribution in [1.82, 2.24) is 0 Å². The normalized spacial score (nSPS) is 12.0. The highest BCUT2D eigenvalue weighted by Crippen LogP contribution is 2.27. The molecule has 4 aromatic rings. The van der Waals surface area contributed by atoms with Gasteiger partial charge in [-0.25, -0.2) is 4.79 Å². The van der Waals surface area contributed by atoms with Gasteiger partial charge in [0.1, 0.15) is 12.4 Å². The molecule has 35 heavy (non-hydrogen) atoms. The number of benzene rings is 4. The van der Waals surface area contributed by atoms with Crippen LogP contribution in [-0.4, -0.2) is 11.1 Å². The second-order valence-electron chi connectivity index (χ2n) is 9.59. The molecular weight excluding hydrogens is 452 g/mol. The first-order valence-corrected chi connectivity index (χ1v) is 12.6. The van der Waals surface area contributed by atoms with Crippen LogP contribution in [0.3, 0.4) is 0 Å². The number of hydrogen-bond acceptors (Lipinski definition) is 3. The van der Waals surface area contributed by atoms with Gasteiger partial charge in [0.2, 0.25) is 0 Å². The molecule has 0 aliphatic rings. The maximum absolute atomic E-state index is 11.8. The molecule has 0 atom stereocenters. The minimum Gasteiger partial charge on any atom is -0.489 e. The Labute approximate surface area is 211 Å². The van der Waals surface area contributed by atoms with Gasteiger partial charge in [-0.15, -0.1) is 11.8 Å². The third kappa shape index (κ3) is 6.77. The maximum Gasteiger partial charge on any atom is 0.342 e. The van der Waals surface area contributed by atoms with Gasteiger partial charge in [0.15, 0.2) is 0 Å². The Morgan fingerprint density at radius 1 is 0.857 bits per heavy atom. The van der Waals surface area contributed by atoms with E-state index in [0.29, 0.717) is 17.3 Å². The van der Waals surface area contributed by atoms with Crippen LogP contribution in [0.25, 0.3) is 16.8 Å². The summed E-state index contributed by atoms with van der Waals surface area (Å²) < 4.78 is 5.94. The van der Waals surface area contributed by atoms with Crippen molar-refractivity contribution in [1.29, 1.82) is 0 Å². The van der Waals surface area contributed by atoms with E-state index in [0.717, 1.165) is 22.4 Å². The minimum atomic E-state index is -0.919. The second-order valence-corrected chi connectivity index (χ2v) is 10.6. The monoisotopic (exact) mass is 482 g/mol. The first kappa shape index (κ1) is 24.6. The zero-order chi connectivity index (χ0) is 24.8. The average molecular weight is 483 g/mol. The van der Waals surface area contributed by atoms with E-state index in [2.05, 4.69) is 75.4 Å². The molecule has 178 valence electrons. The van der Waals surface area contributed by atoms with Crippen LogP contribution in [0.15, 0.2) is 95.9 Å². The van der Waals surface area contributed by atoms with Gasteiger partial charge in [-0.1, -0.05) is 93.6 Å². The van der Waals surface area contributed by atoms with E-state index >= 15 is 0 Å². The van der Waals surface area contributed by atoms with Crippen molar-refractivity contribution >= 4 is 34.6 Å². The lowest BCUT2D eigenvalue weighted by molar-refractivity contribution is -0.131. The Bertz CT molecular complexity index is 1330. The predicted octanol–water partition coefficient (Wildman–Crippen LogP) is 8.08. The summed E-state index contributed by atoms with van der Waals surface area (Å²) in [6.45, 7) is 7.02. The van der Waals surface area contributed by atoms with Gasteiger partial charge >= 0.3 is 5.97 Å². The molecule has 0 bridgehead atoms. The molecule has 0 aliphatic heterocycles. The van der Waals surface area contributed by atoms with Crippen LogP contribution >= 0.6 is 11.8 Å². The lowest BCUT2D eigenvalue weighted by Gasteiger charge is -2.19. The van der Waals surface area contributed by atoms with E-state index in [1.807, 2.05) is 36.4 Å². The highest BCUT2D eigenvalue weighted by molar-refractivity contribution is 8.03. The van der Waals surface area contributed by atoms with Crippen LogP contribution in [-0.2, 0) is 22.6 Å². The van der Waals surface area contributed by atoms with Crippen molar-refractivity contribution in [3.63, 3.8) is 0 Å². The van der Waals surface area contributed by atoms with E-state index in [4.69, 9.17) is 4.74 Å². The largest absolute Gasteiger partial charge is 0.489 e. The fourth-order valence-electron chi connectivity index (χ4n) is 3.73. The molecule has 0 saturated heterocycles. The van der Waals surface area contributed by atoms with Gasteiger partial charge in [-0.05, 0) is 62.7 Å². The smallest absolute Gasteiger partial charge is 0.342 e. The average Bonchev–Trinajstić information content (AvgIpc) is 2.85. The molecule has 0 radical (unpaired) electrons. The number of aliphatic carboxylic acids is 1. The first-order valence-electron chi connectivity index (χ1n) is 11.7. The van der Waals surface area contributed by atoms with Crippen LogP contribution in [0.5, 0.6) is 5.75 Å². The summed E-state index contributed by atoms with van der Waals surface area (Å²) >= 11 is 1.33. The molecular formula is C31H30O3S. The number of rotatable bonds is 8.